The van der Waals surface area contributed by atoms with Crippen molar-refractivity contribution in [2.24, 2.45) is 0 Å². The summed E-state index contributed by atoms with van der Waals surface area (Å²) in [6.45, 7) is 0. The molecule has 0 atom stereocenters. The molecule has 0 saturated carbocycles. The van der Waals surface area contributed by atoms with E-state index in [1.54, 1.807) is 12.1 Å². The quantitative estimate of drug-likeness (QED) is 0.391. The maximum atomic E-state index is 11.4. The van der Waals surface area contributed by atoms with Gasteiger partial charge in [0.05, 0.1) is 0 Å². The molecule has 0 radical (unpaired) electrons. The Hall–Kier alpha value is -3.33. The number of benzene rings is 3. The lowest BCUT2D eigenvalue weighted by atomic mass is 9.99. The number of rotatable bonds is 1. The van der Waals surface area contributed by atoms with Crippen molar-refractivity contribution in [2.75, 3.05) is 0 Å². The molecule has 3 aromatic carbocycles. The van der Waals surface area contributed by atoms with E-state index in [0.29, 0.717) is 5.58 Å². The van der Waals surface area contributed by atoms with Crippen LogP contribution in [-0.4, -0.2) is 0 Å². The van der Waals surface area contributed by atoms with Crippen molar-refractivity contribution in [3.63, 3.8) is 0 Å². The Balaban J connectivity index is 1.94. The van der Waals surface area contributed by atoms with E-state index in [-0.39, 0.29) is 5.63 Å². The van der Waals surface area contributed by atoms with E-state index in [1.165, 1.54) is 6.07 Å². The predicted molar refractivity (Wildman–Crippen MR) is 95.2 cm³/mol. The van der Waals surface area contributed by atoms with Crippen molar-refractivity contribution in [2.45, 2.75) is 0 Å². The standard InChI is InChI=1S/C21H12O3/c22-20-10-9-14-11-16-19(12-18(14)24-20)23-17-8-4-7-15(21(16)17)13-5-2-1-3-6-13/h1-12H. The van der Waals surface area contributed by atoms with Crippen molar-refractivity contribution < 1.29 is 8.83 Å². The molecule has 2 heterocycles. The molecule has 114 valence electrons. The summed E-state index contributed by atoms with van der Waals surface area (Å²) in [5.41, 5.74) is 3.99. The van der Waals surface area contributed by atoms with E-state index in [1.807, 2.05) is 36.4 Å². The average molecular weight is 312 g/mol. The first-order chi connectivity index (χ1) is 11.8. The minimum atomic E-state index is -0.358. The Morgan fingerprint density at radius 1 is 0.667 bits per heavy atom. The van der Waals surface area contributed by atoms with Gasteiger partial charge in [-0.15, -0.1) is 0 Å². The zero-order chi connectivity index (χ0) is 16.1. The Morgan fingerprint density at radius 2 is 1.54 bits per heavy atom. The molecule has 5 rings (SSSR count). The van der Waals surface area contributed by atoms with E-state index in [2.05, 4.69) is 18.2 Å². The molecular weight excluding hydrogens is 300 g/mol. The predicted octanol–water partition coefficient (Wildman–Crippen LogP) is 5.36. The number of furan rings is 1. The third kappa shape index (κ3) is 1.88. The van der Waals surface area contributed by atoms with Gasteiger partial charge in [0.15, 0.2) is 0 Å². The third-order valence-corrected chi connectivity index (χ3v) is 4.32. The molecule has 2 aromatic heterocycles. The van der Waals surface area contributed by atoms with Crippen molar-refractivity contribution in [1.82, 2.24) is 0 Å². The van der Waals surface area contributed by atoms with Gasteiger partial charge >= 0.3 is 5.63 Å². The van der Waals surface area contributed by atoms with Gasteiger partial charge < -0.3 is 8.83 Å². The summed E-state index contributed by atoms with van der Waals surface area (Å²) in [6, 6.07) is 23.3. The fraction of sp³-hybridized carbons (Fsp3) is 0. The fourth-order valence-corrected chi connectivity index (χ4v) is 3.25. The number of fused-ring (bicyclic) bond motifs is 4. The van der Waals surface area contributed by atoms with Gasteiger partial charge in [-0.3, -0.25) is 0 Å². The lowest BCUT2D eigenvalue weighted by Gasteiger charge is -2.03. The largest absolute Gasteiger partial charge is 0.456 e. The van der Waals surface area contributed by atoms with Crippen LogP contribution in [0.5, 0.6) is 0 Å². The summed E-state index contributed by atoms with van der Waals surface area (Å²) in [5, 5.41) is 2.98. The van der Waals surface area contributed by atoms with Crippen LogP contribution in [0.4, 0.5) is 0 Å². The smallest absolute Gasteiger partial charge is 0.336 e. The van der Waals surface area contributed by atoms with Crippen LogP contribution >= 0.6 is 0 Å². The molecule has 0 unspecified atom stereocenters. The summed E-state index contributed by atoms with van der Waals surface area (Å²) >= 11 is 0. The molecule has 24 heavy (non-hydrogen) atoms. The lowest BCUT2D eigenvalue weighted by Crippen LogP contribution is -1.93. The topological polar surface area (TPSA) is 43.4 Å². The van der Waals surface area contributed by atoms with Gasteiger partial charge in [-0.25, -0.2) is 4.79 Å². The van der Waals surface area contributed by atoms with Crippen LogP contribution in [-0.2, 0) is 0 Å². The van der Waals surface area contributed by atoms with Gasteiger partial charge in [0.1, 0.15) is 16.7 Å². The molecule has 0 N–H and O–H groups in total. The Kier molecular flexibility index (Phi) is 2.65. The Labute approximate surface area is 136 Å². The highest BCUT2D eigenvalue weighted by Gasteiger charge is 2.13. The SMILES string of the molecule is O=c1ccc2cc3c(cc2o1)oc1cccc(-c2ccccc2)c13. The number of hydrogen-bond acceptors (Lipinski definition) is 3. The van der Waals surface area contributed by atoms with E-state index in [4.69, 9.17) is 8.83 Å². The summed E-state index contributed by atoms with van der Waals surface area (Å²) in [5.74, 6) is 0. The van der Waals surface area contributed by atoms with E-state index in [0.717, 1.165) is 38.5 Å². The average Bonchev–Trinajstić information content (AvgIpc) is 2.98. The van der Waals surface area contributed by atoms with Gasteiger partial charge in [-0.2, -0.15) is 0 Å². The first kappa shape index (κ1) is 13.1. The normalized spacial score (nSPS) is 11.5. The molecule has 5 aromatic rings. The first-order valence-corrected chi connectivity index (χ1v) is 7.74. The van der Waals surface area contributed by atoms with Crippen LogP contribution in [0.2, 0.25) is 0 Å². The molecule has 0 aliphatic heterocycles. The summed E-state index contributed by atoms with van der Waals surface area (Å²) in [6.07, 6.45) is 0. The van der Waals surface area contributed by atoms with E-state index >= 15 is 0 Å². The van der Waals surface area contributed by atoms with Crippen molar-refractivity contribution >= 4 is 32.9 Å². The van der Waals surface area contributed by atoms with Crippen LogP contribution in [0.3, 0.4) is 0 Å². The minimum absolute atomic E-state index is 0.358. The molecule has 3 heteroatoms. The van der Waals surface area contributed by atoms with Gasteiger partial charge in [0.2, 0.25) is 0 Å². The van der Waals surface area contributed by atoms with E-state index in [9.17, 15) is 4.79 Å². The van der Waals surface area contributed by atoms with Gasteiger partial charge in [0.25, 0.3) is 0 Å². The highest BCUT2D eigenvalue weighted by molar-refractivity contribution is 6.15. The van der Waals surface area contributed by atoms with Crippen molar-refractivity contribution in [3.8, 4) is 11.1 Å². The second-order valence-electron chi connectivity index (χ2n) is 5.79. The highest BCUT2D eigenvalue weighted by Crippen LogP contribution is 2.37. The van der Waals surface area contributed by atoms with E-state index < -0.39 is 0 Å². The van der Waals surface area contributed by atoms with Crippen LogP contribution in [0.1, 0.15) is 0 Å². The zero-order valence-corrected chi connectivity index (χ0v) is 12.7. The van der Waals surface area contributed by atoms with Crippen LogP contribution in [0, 0.1) is 0 Å². The Morgan fingerprint density at radius 3 is 2.42 bits per heavy atom. The minimum Gasteiger partial charge on any atom is -0.456 e. The number of hydrogen-bond donors (Lipinski definition) is 0. The molecule has 3 nitrogen and oxygen atoms in total. The molecule has 0 amide bonds. The van der Waals surface area contributed by atoms with Crippen LogP contribution in [0.25, 0.3) is 44.0 Å². The van der Waals surface area contributed by atoms with Crippen molar-refractivity contribution in [1.29, 1.82) is 0 Å². The van der Waals surface area contributed by atoms with Gasteiger partial charge in [0, 0.05) is 28.3 Å². The Bertz CT molecular complexity index is 1260. The highest BCUT2D eigenvalue weighted by atomic mass is 16.4. The van der Waals surface area contributed by atoms with Crippen molar-refractivity contribution in [3.05, 3.63) is 83.2 Å². The molecule has 0 spiro atoms. The molecule has 0 aliphatic rings. The summed E-state index contributed by atoms with van der Waals surface area (Å²) in [7, 11) is 0. The second kappa shape index (κ2) is 4.83. The maximum Gasteiger partial charge on any atom is 0.336 e. The first-order valence-electron chi connectivity index (χ1n) is 7.74. The van der Waals surface area contributed by atoms with Gasteiger partial charge in [-0.05, 0) is 29.3 Å². The summed E-state index contributed by atoms with van der Waals surface area (Å²) in [4.78, 5) is 11.4. The van der Waals surface area contributed by atoms with Crippen LogP contribution in [0.15, 0.2) is 86.4 Å². The monoisotopic (exact) mass is 312 g/mol. The molecule has 0 aliphatic carbocycles. The molecular formula is C21H12O3. The maximum absolute atomic E-state index is 11.4. The van der Waals surface area contributed by atoms with Gasteiger partial charge in [-0.1, -0.05) is 42.5 Å². The second-order valence-corrected chi connectivity index (χ2v) is 5.79. The lowest BCUT2D eigenvalue weighted by molar-refractivity contribution is 0.560. The van der Waals surface area contributed by atoms with Crippen LogP contribution < -0.4 is 5.63 Å². The molecule has 0 saturated heterocycles. The summed E-state index contributed by atoms with van der Waals surface area (Å²) < 4.78 is 11.3. The third-order valence-electron chi connectivity index (χ3n) is 4.32. The molecule has 0 bridgehead atoms. The molecule has 0 fully saturated rings. The zero-order valence-electron chi connectivity index (χ0n) is 12.7. The fourth-order valence-electron chi connectivity index (χ4n) is 3.25.